The highest BCUT2D eigenvalue weighted by molar-refractivity contribution is 14.1. The van der Waals surface area contributed by atoms with Crippen molar-refractivity contribution in [1.29, 1.82) is 0 Å². The molecule has 1 aliphatic heterocycles. The molecule has 30 heavy (non-hydrogen) atoms. The van der Waals surface area contributed by atoms with Crippen molar-refractivity contribution in [3.8, 4) is 23.8 Å². The van der Waals surface area contributed by atoms with Crippen LogP contribution < -0.4 is 15.2 Å². The Morgan fingerprint density at radius 1 is 1.37 bits per heavy atom. The minimum absolute atomic E-state index is 0.0547. The predicted octanol–water partition coefficient (Wildman–Crippen LogP) is 3.17. The van der Waals surface area contributed by atoms with E-state index in [9.17, 15) is 9.59 Å². The lowest BCUT2D eigenvalue weighted by Crippen LogP contribution is -2.31. The number of ether oxygens (including phenoxy) is 4. The first-order chi connectivity index (χ1) is 14.4. The number of halogens is 1. The molecule has 1 aromatic rings. The fourth-order valence-electron chi connectivity index (χ4n) is 3.67. The average Bonchev–Trinajstić information content (AvgIpc) is 2.72. The Labute approximate surface area is 188 Å². The molecule has 1 aliphatic carbocycles. The Kier molecular flexibility index (Phi) is 6.92. The monoisotopic (exact) mass is 523 g/mol. The number of benzene rings is 1. The second kappa shape index (κ2) is 9.43. The molecule has 2 aliphatic rings. The summed E-state index contributed by atoms with van der Waals surface area (Å²) >= 11 is 2.11. The number of rotatable bonds is 6. The van der Waals surface area contributed by atoms with Gasteiger partial charge in [-0.1, -0.05) is 5.92 Å². The highest BCUT2D eigenvalue weighted by Gasteiger charge is 2.41. The molecule has 0 fully saturated rings. The summed E-state index contributed by atoms with van der Waals surface area (Å²) in [6.07, 6.45) is 6.95. The smallest absolute Gasteiger partial charge is 0.340 e. The van der Waals surface area contributed by atoms with Gasteiger partial charge in [0.05, 0.1) is 23.2 Å². The number of carbonyl (C=O) groups excluding carboxylic acids is 2. The van der Waals surface area contributed by atoms with E-state index in [2.05, 4.69) is 28.5 Å². The third-order valence-corrected chi connectivity index (χ3v) is 5.66. The number of carbonyl (C=O) groups is 2. The van der Waals surface area contributed by atoms with Crippen LogP contribution in [0.3, 0.4) is 0 Å². The van der Waals surface area contributed by atoms with Crippen LogP contribution in [0.2, 0.25) is 0 Å². The molecule has 0 unspecified atom stereocenters. The molecule has 0 bridgehead atoms. The normalized spacial score (nSPS) is 18.3. The van der Waals surface area contributed by atoms with Crippen molar-refractivity contribution >= 4 is 34.3 Å². The summed E-state index contributed by atoms with van der Waals surface area (Å²) in [6, 6.07) is 3.57. The first-order valence-electron chi connectivity index (χ1n) is 9.47. The molecule has 0 amide bonds. The van der Waals surface area contributed by atoms with Gasteiger partial charge in [-0.05, 0) is 53.6 Å². The zero-order chi connectivity index (χ0) is 21.8. The zero-order valence-corrected chi connectivity index (χ0v) is 18.9. The van der Waals surface area contributed by atoms with E-state index in [1.807, 2.05) is 13.0 Å². The SMILES string of the molecule is C#CCOc1c(I)cc([C@H]2C(C(=O)OC)=C(N)OC3=C2C(=O)CCC3)cc1OCC. The largest absolute Gasteiger partial charge is 0.490 e. The van der Waals surface area contributed by atoms with Crippen LogP contribution in [0.15, 0.2) is 34.9 Å². The number of esters is 1. The number of terminal acetylenes is 1. The van der Waals surface area contributed by atoms with Gasteiger partial charge in [0.25, 0.3) is 0 Å². The van der Waals surface area contributed by atoms with Gasteiger partial charge in [-0.2, -0.15) is 0 Å². The van der Waals surface area contributed by atoms with Crippen LogP contribution in [0.5, 0.6) is 11.5 Å². The van der Waals surface area contributed by atoms with Crippen molar-refractivity contribution in [2.45, 2.75) is 32.1 Å². The molecule has 3 rings (SSSR count). The Bertz CT molecular complexity index is 988. The standard InChI is InChI=1S/C22H22INO6/c1-4-9-29-20-13(23)10-12(11-16(20)28-5-2)17-18-14(25)7-6-8-15(18)30-21(24)19(17)22(26)27-3/h1,10-11,17H,5-9,24H2,2-3H3/t17-/m1/s1. The molecule has 1 heterocycles. The highest BCUT2D eigenvalue weighted by Crippen LogP contribution is 2.46. The van der Waals surface area contributed by atoms with Crippen molar-refractivity contribution in [3.63, 3.8) is 0 Å². The van der Waals surface area contributed by atoms with Crippen molar-refractivity contribution in [2.24, 2.45) is 5.73 Å². The lowest BCUT2D eigenvalue weighted by molar-refractivity contribution is -0.136. The van der Waals surface area contributed by atoms with Gasteiger partial charge < -0.3 is 24.7 Å². The number of nitrogens with two attached hydrogens (primary N) is 1. The fraction of sp³-hybridized carbons (Fsp3) is 0.364. The van der Waals surface area contributed by atoms with Gasteiger partial charge in [0.1, 0.15) is 17.9 Å². The first kappa shape index (κ1) is 22.0. The topological polar surface area (TPSA) is 97.1 Å². The minimum atomic E-state index is -0.719. The number of methoxy groups -OCH3 is 1. The van der Waals surface area contributed by atoms with E-state index in [-0.39, 0.29) is 23.8 Å². The van der Waals surface area contributed by atoms with E-state index in [1.165, 1.54) is 7.11 Å². The molecule has 158 valence electrons. The van der Waals surface area contributed by atoms with Crippen LogP contribution >= 0.6 is 22.6 Å². The summed E-state index contributed by atoms with van der Waals surface area (Å²) in [6.45, 7) is 2.33. The maximum atomic E-state index is 12.8. The summed E-state index contributed by atoms with van der Waals surface area (Å²) in [5.41, 5.74) is 7.29. The van der Waals surface area contributed by atoms with Gasteiger partial charge in [0, 0.05) is 18.4 Å². The van der Waals surface area contributed by atoms with Gasteiger partial charge in [0.15, 0.2) is 17.3 Å². The quantitative estimate of drug-likeness (QED) is 0.348. The van der Waals surface area contributed by atoms with Gasteiger partial charge >= 0.3 is 5.97 Å². The van der Waals surface area contributed by atoms with E-state index < -0.39 is 11.9 Å². The first-order valence-corrected chi connectivity index (χ1v) is 10.5. The summed E-state index contributed by atoms with van der Waals surface area (Å²) in [5, 5.41) is 0. The second-order valence-corrected chi connectivity index (χ2v) is 7.84. The van der Waals surface area contributed by atoms with Gasteiger partial charge in [-0.3, -0.25) is 4.79 Å². The van der Waals surface area contributed by atoms with Crippen LogP contribution in [-0.2, 0) is 19.1 Å². The lowest BCUT2D eigenvalue weighted by Gasteiger charge is -2.32. The van der Waals surface area contributed by atoms with Gasteiger partial charge in [-0.15, -0.1) is 6.42 Å². The Morgan fingerprint density at radius 2 is 2.13 bits per heavy atom. The summed E-state index contributed by atoms with van der Waals surface area (Å²) < 4.78 is 22.8. The molecule has 0 spiro atoms. The Balaban J connectivity index is 2.21. The van der Waals surface area contributed by atoms with Crippen molar-refractivity contribution in [2.75, 3.05) is 20.3 Å². The van der Waals surface area contributed by atoms with E-state index in [4.69, 9.17) is 31.1 Å². The van der Waals surface area contributed by atoms with Crippen molar-refractivity contribution < 1.29 is 28.5 Å². The van der Waals surface area contributed by atoms with Crippen LogP contribution in [0.1, 0.15) is 37.7 Å². The average molecular weight is 523 g/mol. The van der Waals surface area contributed by atoms with E-state index >= 15 is 0 Å². The lowest BCUT2D eigenvalue weighted by atomic mass is 9.77. The molecule has 0 radical (unpaired) electrons. The Morgan fingerprint density at radius 3 is 2.80 bits per heavy atom. The van der Waals surface area contributed by atoms with Gasteiger partial charge in [-0.25, -0.2) is 4.79 Å². The van der Waals surface area contributed by atoms with Gasteiger partial charge in [0.2, 0.25) is 5.88 Å². The third-order valence-electron chi connectivity index (χ3n) is 4.85. The molecule has 0 aromatic heterocycles. The molecule has 8 heteroatoms. The van der Waals surface area contributed by atoms with Crippen molar-refractivity contribution in [3.05, 3.63) is 44.1 Å². The number of Topliss-reactive ketones (excluding diaryl/α,β-unsaturated/α-hetero) is 1. The van der Waals surface area contributed by atoms with Crippen LogP contribution in [-0.4, -0.2) is 32.1 Å². The number of ketones is 1. The maximum Gasteiger partial charge on any atom is 0.340 e. The van der Waals surface area contributed by atoms with E-state index in [0.29, 0.717) is 54.3 Å². The molecule has 0 saturated carbocycles. The number of hydrogen-bond donors (Lipinski definition) is 1. The molecule has 7 nitrogen and oxygen atoms in total. The van der Waals surface area contributed by atoms with Crippen molar-refractivity contribution in [1.82, 2.24) is 0 Å². The highest BCUT2D eigenvalue weighted by atomic mass is 127. The predicted molar refractivity (Wildman–Crippen MR) is 118 cm³/mol. The summed E-state index contributed by atoms with van der Waals surface area (Å²) in [7, 11) is 1.26. The Hall–Kier alpha value is -2.67. The zero-order valence-electron chi connectivity index (χ0n) is 16.7. The minimum Gasteiger partial charge on any atom is -0.490 e. The fourth-order valence-corrected chi connectivity index (χ4v) is 4.45. The third kappa shape index (κ3) is 4.12. The molecule has 1 atom stereocenters. The molecular weight excluding hydrogens is 501 g/mol. The molecule has 2 N–H and O–H groups in total. The molecular formula is C22H22INO6. The maximum absolute atomic E-state index is 12.8. The number of hydrogen-bond acceptors (Lipinski definition) is 7. The summed E-state index contributed by atoms with van der Waals surface area (Å²) in [5.74, 6) is 2.41. The molecule has 1 aromatic carbocycles. The van der Waals surface area contributed by atoms with E-state index in [0.717, 1.165) is 3.57 Å². The number of allylic oxidation sites excluding steroid dienone is 2. The summed E-state index contributed by atoms with van der Waals surface area (Å²) in [4.78, 5) is 25.4. The van der Waals surface area contributed by atoms with Crippen LogP contribution in [0.4, 0.5) is 0 Å². The van der Waals surface area contributed by atoms with E-state index in [1.54, 1.807) is 6.07 Å². The van der Waals surface area contributed by atoms with Crippen LogP contribution in [0, 0.1) is 15.9 Å². The molecule has 0 saturated heterocycles. The van der Waals surface area contributed by atoms with Crippen LogP contribution in [0.25, 0.3) is 0 Å². The second-order valence-electron chi connectivity index (χ2n) is 6.67.